The maximum Gasteiger partial charge on any atom is 0.325 e. The third-order valence-corrected chi connectivity index (χ3v) is 3.60. The number of carboxylic acid groups (broad SMARTS) is 1. The Morgan fingerprint density at radius 2 is 2.00 bits per heavy atom. The van der Waals surface area contributed by atoms with Crippen molar-refractivity contribution < 1.29 is 24.2 Å². The number of anilines is 1. The number of nitrogens with zero attached hydrogens (tertiary/aromatic N) is 1. The van der Waals surface area contributed by atoms with Gasteiger partial charge in [0, 0.05) is 5.69 Å². The summed E-state index contributed by atoms with van der Waals surface area (Å²) in [7, 11) is 1.54. The molecule has 8 heteroatoms. The van der Waals surface area contributed by atoms with Gasteiger partial charge < -0.3 is 15.2 Å². The van der Waals surface area contributed by atoms with E-state index in [1.54, 1.807) is 29.2 Å². The molecule has 0 aliphatic carbocycles. The maximum atomic E-state index is 11.8. The molecule has 0 saturated carbocycles. The highest BCUT2D eigenvalue weighted by Gasteiger charge is 2.31. The molecule has 1 saturated heterocycles. The van der Waals surface area contributed by atoms with E-state index in [1.807, 2.05) is 0 Å². The number of rotatable bonds is 5. The van der Waals surface area contributed by atoms with Crippen molar-refractivity contribution in [3.05, 3.63) is 24.3 Å². The highest BCUT2D eigenvalue weighted by atomic mass is 16.5. The van der Waals surface area contributed by atoms with E-state index < -0.39 is 23.9 Å². The molecule has 1 aliphatic heterocycles. The van der Waals surface area contributed by atoms with Gasteiger partial charge in [0.2, 0.25) is 5.91 Å². The fourth-order valence-electron chi connectivity index (χ4n) is 2.48. The van der Waals surface area contributed by atoms with E-state index in [1.165, 1.54) is 7.11 Å². The summed E-state index contributed by atoms with van der Waals surface area (Å²) in [4.78, 5) is 36.2. The number of hydrogen-bond donors (Lipinski definition) is 3. The molecule has 23 heavy (non-hydrogen) atoms. The van der Waals surface area contributed by atoms with Gasteiger partial charge in [-0.1, -0.05) is 0 Å². The fourth-order valence-corrected chi connectivity index (χ4v) is 2.48. The van der Waals surface area contributed by atoms with Gasteiger partial charge in [0.15, 0.2) is 0 Å². The minimum atomic E-state index is -0.946. The highest BCUT2D eigenvalue weighted by Crippen LogP contribution is 2.17. The summed E-state index contributed by atoms with van der Waals surface area (Å²) in [5, 5.41) is 13.8. The summed E-state index contributed by atoms with van der Waals surface area (Å²) in [6.07, 6.45) is 1.24. The van der Waals surface area contributed by atoms with Crippen LogP contribution in [-0.4, -0.2) is 54.2 Å². The van der Waals surface area contributed by atoms with Gasteiger partial charge in [-0.15, -0.1) is 0 Å². The Balaban J connectivity index is 1.82. The molecule has 0 radical (unpaired) electrons. The molecule has 0 aromatic heterocycles. The molecular formula is C15H19N3O5. The van der Waals surface area contributed by atoms with E-state index in [0.29, 0.717) is 24.4 Å². The summed E-state index contributed by atoms with van der Waals surface area (Å²) in [6, 6.07) is 5.32. The predicted molar refractivity (Wildman–Crippen MR) is 82.4 cm³/mol. The first-order valence-electron chi connectivity index (χ1n) is 7.21. The first-order valence-corrected chi connectivity index (χ1v) is 7.21. The number of ether oxygens (including phenoxy) is 1. The smallest absolute Gasteiger partial charge is 0.325 e. The molecule has 0 bridgehead atoms. The average Bonchev–Trinajstić information content (AvgIpc) is 2.96. The first kappa shape index (κ1) is 16.8. The van der Waals surface area contributed by atoms with Crippen LogP contribution >= 0.6 is 0 Å². The molecule has 0 spiro atoms. The third-order valence-electron chi connectivity index (χ3n) is 3.60. The molecule has 1 heterocycles. The SMILES string of the molecule is COc1ccc(NC(=O)NC(=O)CN2CCC[C@H]2C(=O)O)cc1. The molecule has 0 unspecified atom stereocenters. The summed E-state index contributed by atoms with van der Waals surface area (Å²) in [6.45, 7) is 0.414. The van der Waals surface area contributed by atoms with Gasteiger partial charge in [0.25, 0.3) is 0 Å². The van der Waals surface area contributed by atoms with Crippen molar-refractivity contribution in [1.29, 1.82) is 0 Å². The number of likely N-dealkylation sites (tertiary alicyclic amines) is 1. The van der Waals surface area contributed by atoms with Crippen molar-refractivity contribution in [3.8, 4) is 5.75 Å². The Morgan fingerprint density at radius 1 is 1.30 bits per heavy atom. The Labute approximate surface area is 133 Å². The number of methoxy groups -OCH3 is 1. The summed E-state index contributed by atoms with van der Waals surface area (Å²) < 4.78 is 5.01. The first-order chi connectivity index (χ1) is 11.0. The van der Waals surface area contributed by atoms with E-state index in [-0.39, 0.29) is 6.54 Å². The summed E-state index contributed by atoms with van der Waals surface area (Å²) >= 11 is 0. The quantitative estimate of drug-likeness (QED) is 0.743. The second-order valence-electron chi connectivity index (χ2n) is 5.20. The van der Waals surface area contributed by atoms with Gasteiger partial charge in [0.05, 0.1) is 13.7 Å². The molecule has 3 N–H and O–H groups in total. The van der Waals surface area contributed by atoms with E-state index in [2.05, 4.69) is 10.6 Å². The number of carboxylic acids is 1. The number of amides is 3. The topological polar surface area (TPSA) is 108 Å². The second-order valence-corrected chi connectivity index (χ2v) is 5.20. The molecule has 8 nitrogen and oxygen atoms in total. The normalized spacial score (nSPS) is 17.5. The fraction of sp³-hybridized carbons (Fsp3) is 0.400. The van der Waals surface area contributed by atoms with Crippen LogP contribution in [-0.2, 0) is 9.59 Å². The minimum Gasteiger partial charge on any atom is -0.497 e. The zero-order valence-corrected chi connectivity index (χ0v) is 12.7. The molecular weight excluding hydrogens is 302 g/mol. The van der Waals surface area contributed by atoms with Crippen LogP contribution in [0.25, 0.3) is 0 Å². The lowest BCUT2D eigenvalue weighted by atomic mass is 10.2. The average molecular weight is 321 g/mol. The van der Waals surface area contributed by atoms with Gasteiger partial charge in [-0.25, -0.2) is 4.79 Å². The number of nitrogens with one attached hydrogen (secondary N) is 2. The Morgan fingerprint density at radius 3 is 2.61 bits per heavy atom. The highest BCUT2D eigenvalue weighted by molar-refractivity contribution is 6.01. The number of imide groups is 1. The van der Waals surface area contributed by atoms with Gasteiger partial charge in [-0.2, -0.15) is 0 Å². The third kappa shape index (κ3) is 4.68. The number of hydrogen-bond acceptors (Lipinski definition) is 5. The lowest BCUT2D eigenvalue weighted by Crippen LogP contribution is -2.45. The summed E-state index contributed by atoms with van der Waals surface area (Å²) in [5.41, 5.74) is 0.515. The maximum absolute atomic E-state index is 11.8. The largest absolute Gasteiger partial charge is 0.497 e. The van der Waals surface area contributed by atoms with E-state index in [0.717, 1.165) is 6.42 Å². The minimum absolute atomic E-state index is 0.118. The van der Waals surface area contributed by atoms with E-state index >= 15 is 0 Å². The van der Waals surface area contributed by atoms with Gasteiger partial charge >= 0.3 is 12.0 Å². The molecule has 3 amide bonds. The van der Waals surface area contributed by atoms with Crippen molar-refractivity contribution >= 4 is 23.6 Å². The molecule has 1 atom stereocenters. The van der Waals surface area contributed by atoms with Crippen molar-refractivity contribution in [3.63, 3.8) is 0 Å². The van der Waals surface area contributed by atoms with Gasteiger partial charge in [0.1, 0.15) is 11.8 Å². The zero-order valence-electron chi connectivity index (χ0n) is 12.7. The Kier molecular flexibility index (Phi) is 5.53. The van der Waals surface area contributed by atoms with Crippen LogP contribution in [0.5, 0.6) is 5.75 Å². The van der Waals surface area contributed by atoms with Crippen LogP contribution < -0.4 is 15.4 Å². The number of urea groups is 1. The van der Waals surface area contributed by atoms with Crippen molar-refractivity contribution in [2.24, 2.45) is 0 Å². The van der Waals surface area contributed by atoms with Gasteiger partial charge in [-0.05, 0) is 43.7 Å². The number of carbonyl (C=O) groups excluding carboxylic acids is 2. The molecule has 1 aromatic rings. The van der Waals surface area contributed by atoms with Crippen LogP contribution in [0.15, 0.2) is 24.3 Å². The van der Waals surface area contributed by atoms with Crippen molar-refractivity contribution in [2.75, 3.05) is 25.5 Å². The van der Waals surface area contributed by atoms with Crippen molar-refractivity contribution in [2.45, 2.75) is 18.9 Å². The molecule has 1 fully saturated rings. The Hall–Kier alpha value is -2.61. The van der Waals surface area contributed by atoms with Crippen LogP contribution in [0.2, 0.25) is 0 Å². The van der Waals surface area contributed by atoms with Crippen LogP contribution in [0, 0.1) is 0 Å². The van der Waals surface area contributed by atoms with E-state index in [4.69, 9.17) is 9.84 Å². The monoisotopic (exact) mass is 321 g/mol. The van der Waals surface area contributed by atoms with Crippen LogP contribution in [0.1, 0.15) is 12.8 Å². The van der Waals surface area contributed by atoms with Crippen molar-refractivity contribution in [1.82, 2.24) is 10.2 Å². The second kappa shape index (κ2) is 7.59. The van der Waals surface area contributed by atoms with E-state index in [9.17, 15) is 14.4 Å². The zero-order chi connectivity index (χ0) is 16.8. The number of carbonyl (C=O) groups is 3. The summed E-state index contributed by atoms with van der Waals surface area (Å²) in [5.74, 6) is -0.831. The number of aliphatic carboxylic acids is 1. The van der Waals surface area contributed by atoms with Crippen LogP contribution in [0.4, 0.5) is 10.5 Å². The molecule has 124 valence electrons. The number of benzene rings is 1. The molecule has 1 aliphatic rings. The molecule has 1 aromatic carbocycles. The predicted octanol–water partition coefficient (Wildman–Crippen LogP) is 0.892. The molecule has 2 rings (SSSR count). The lowest BCUT2D eigenvalue weighted by Gasteiger charge is -2.19. The standard InChI is InChI=1S/C15H19N3O5/c1-23-11-6-4-10(5-7-11)16-15(22)17-13(19)9-18-8-2-3-12(18)14(20)21/h4-7,12H,2-3,8-9H2,1H3,(H,20,21)(H2,16,17,19,22)/t12-/m0/s1. The Bertz CT molecular complexity index is 587. The van der Waals surface area contributed by atoms with Gasteiger partial charge in [-0.3, -0.25) is 19.8 Å². The van der Waals surface area contributed by atoms with Crippen LogP contribution in [0.3, 0.4) is 0 Å². The lowest BCUT2D eigenvalue weighted by molar-refractivity contribution is -0.142.